The van der Waals surface area contributed by atoms with Crippen molar-refractivity contribution < 1.29 is 18.7 Å². The monoisotopic (exact) mass is 463 g/mol. The van der Waals surface area contributed by atoms with Crippen LogP contribution in [0.1, 0.15) is 33.8 Å². The second-order valence-electron chi connectivity index (χ2n) is 7.26. The fourth-order valence-electron chi connectivity index (χ4n) is 3.20. The Bertz CT molecular complexity index is 1250. The smallest absolute Gasteiger partial charge is 0.263 e. The van der Waals surface area contributed by atoms with Crippen molar-refractivity contribution in [2.45, 2.75) is 19.6 Å². The molecular weight excluding hydrogens is 441 g/mol. The molecule has 1 N–H and O–H groups in total. The third-order valence-corrected chi connectivity index (χ3v) is 6.04. The van der Waals surface area contributed by atoms with Gasteiger partial charge in [0.1, 0.15) is 22.3 Å². The van der Waals surface area contributed by atoms with Gasteiger partial charge in [-0.2, -0.15) is 0 Å². The van der Waals surface area contributed by atoms with Crippen LogP contribution in [0.4, 0.5) is 4.39 Å². The molecule has 0 aliphatic carbocycles. The van der Waals surface area contributed by atoms with E-state index in [0.717, 1.165) is 22.5 Å². The second kappa shape index (κ2) is 10.2. The van der Waals surface area contributed by atoms with Crippen LogP contribution in [0.5, 0.6) is 11.5 Å². The highest BCUT2D eigenvalue weighted by Crippen LogP contribution is 2.32. The molecule has 4 rings (SSSR count). The molecule has 6 nitrogen and oxygen atoms in total. The normalized spacial score (nSPS) is 11.6. The summed E-state index contributed by atoms with van der Waals surface area (Å²) in [6.07, 6.45) is 4.89. The number of ether oxygens (including phenoxy) is 2. The van der Waals surface area contributed by atoms with Crippen LogP contribution in [0.3, 0.4) is 0 Å². The van der Waals surface area contributed by atoms with E-state index in [4.69, 9.17) is 9.47 Å². The molecule has 0 spiro atoms. The molecule has 1 atom stereocenters. The SMILES string of the molecule is COc1cc(C(C)NC(=O)c2cnc(-c3ccccc3F)s2)ccc1OCc1ccncc1. The van der Waals surface area contributed by atoms with Crippen LogP contribution in [0.2, 0.25) is 0 Å². The summed E-state index contributed by atoms with van der Waals surface area (Å²) in [5.41, 5.74) is 2.23. The molecule has 1 unspecified atom stereocenters. The van der Waals surface area contributed by atoms with E-state index in [1.165, 1.54) is 12.3 Å². The van der Waals surface area contributed by atoms with Gasteiger partial charge in [0.2, 0.25) is 0 Å². The summed E-state index contributed by atoms with van der Waals surface area (Å²) >= 11 is 1.15. The Hall–Kier alpha value is -3.78. The summed E-state index contributed by atoms with van der Waals surface area (Å²) in [4.78, 5) is 21.4. The van der Waals surface area contributed by atoms with Gasteiger partial charge < -0.3 is 14.8 Å². The molecule has 4 aromatic rings. The zero-order valence-electron chi connectivity index (χ0n) is 18.1. The summed E-state index contributed by atoms with van der Waals surface area (Å²) in [5, 5.41) is 3.42. The standard InChI is InChI=1S/C25H22FN3O3S/c1-16(29-24(30)23-14-28-25(33-23)19-5-3-4-6-20(19)26)18-7-8-21(22(13-18)31-2)32-15-17-9-11-27-12-10-17/h3-14,16H,15H2,1-2H3,(H,29,30). The van der Waals surface area contributed by atoms with Crippen molar-refractivity contribution in [1.82, 2.24) is 15.3 Å². The van der Waals surface area contributed by atoms with Crippen LogP contribution in [0.15, 0.2) is 73.2 Å². The predicted molar refractivity (Wildman–Crippen MR) is 125 cm³/mol. The number of methoxy groups -OCH3 is 1. The predicted octanol–water partition coefficient (Wildman–Crippen LogP) is 5.42. The van der Waals surface area contributed by atoms with Crippen molar-refractivity contribution in [3.8, 4) is 22.1 Å². The fraction of sp³-hybridized carbons (Fsp3) is 0.160. The van der Waals surface area contributed by atoms with Gasteiger partial charge in [-0.15, -0.1) is 11.3 Å². The molecule has 33 heavy (non-hydrogen) atoms. The number of hydrogen-bond donors (Lipinski definition) is 1. The van der Waals surface area contributed by atoms with Crippen molar-refractivity contribution in [3.63, 3.8) is 0 Å². The Kier molecular flexibility index (Phi) is 6.95. The minimum atomic E-state index is -0.370. The van der Waals surface area contributed by atoms with Crippen molar-refractivity contribution in [1.29, 1.82) is 0 Å². The van der Waals surface area contributed by atoms with Gasteiger partial charge >= 0.3 is 0 Å². The number of aromatic nitrogens is 2. The number of nitrogens with one attached hydrogen (secondary N) is 1. The van der Waals surface area contributed by atoms with E-state index >= 15 is 0 Å². The second-order valence-corrected chi connectivity index (χ2v) is 8.29. The Morgan fingerprint density at radius 3 is 2.67 bits per heavy atom. The number of nitrogens with zero attached hydrogens (tertiary/aromatic N) is 2. The number of thiazole rings is 1. The molecule has 0 aliphatic rings. The summed E-state index contributed by atoms with van der Waals surface area (Å²) in [6.45, 7) is 2.27. The lowest BCUT2D eigenvalue weighted by Gasteiger charge is -2.17. The Morgan fingerprint density at radius 1 is 1.12 bits per heavy atom. The van der Waals surface area contributed by atoms with Crippen LogP contribution in [0, 0.1) is 5.82 Å². The van der Waals surface area contributed by atoms with Crippen LogP contribution in [-0.2, 0) is 6.61 Å². The summed E-state index contributed by atoms with van der Waals surface area (Å²) in [6, 6.07) is 15.4. The van der Waals surface area contributed by atoms with Gasteiger partial charge in [-0.3, -0.25) is 9.78 Å². The molecule has 0 radical (unpaired) electrons. The van der Waals surface area contributed by atoms with E-state index in [0.29, 0.717) is 33.6 Å². The Labute approximate surface area is 195 Å². The van der Waals surface area contributed by atoms with E-state index in [2.05, 4.69) is 15.3 Å². The average Bonchev–Trinajstić information content (AvgIpc) is 3.34. The van der Waals surface area contributed by atoms with Gasteiger partial charge in [-0.25, -0.2) is 9.37 Å². The van der Waals surface area contributed by atoms with Gasteiger partial charge in [-0.1, -0.05) is 18.2 Å². The molecule has 2 aromatic carbocycles. The van der Waals surface area contributed by atoms with E-state index in [9.17, 15) is 9.18 Å². The van der Waals surface area contributed by atoms with Crippen LogP contribution >= 0.6 is 11.3 Å². The number of hydrogen-bond acceptors (Lipinski definition) is 6. The lowest BCUT2D eigenvalue weighted by Crippen LogP contribution is -2.25. The average molecular weight is 464 g/mol. The molecule has 0 aliphatic heterocycles. The number of amides is 1. The van der Waals surface area contributed by atoms with Crippen molar-refractivity contribution in [3.05, 3.63) is 95.0 Å². The maximum absolute atomic E-state index is 14.0. The number of carbonyl (C=O) groups excluding carboxylic acids is 1. The van der Waals surface area contributed by atoms with Crippen LogP contribution in [0.25, 0.3) is 10.6 Å². The van der Waals surface area contributed by atoms with Crippen LogP contribution < -0.4 is 14.8 Å². The lowest BCUT2D eigenvalue weighted by atomic mass is 10.1. The molecule has 1 amide bonds. The number of carbonyl (C=O) groups is 1. The zero-order valence-corrected chi connectivity index (χ0v) is 18.9. The van der Waals surface area contributed by atoms with E-state index in [1.807, 2.05) is 37.3 Å². The summed E-state index contributed by atoms with van der Waals surface area (Å²) < 4.78 is 25.4. The van der Waals surface area contributed by atoms with E-state index in [-0.39, 0.29) is 17.8 Å². The van der Waals surface area contributed by atoms with Gasteiger partial charge in [0, 0.05) is 18.0 Å². The first-order valence-corrected chi connectivity index (χ1v) is 11.1. The van der Waals surface area contributed by atoms with Crippen molar-refractivity contribution in [2.75, 3.05) is 7.11 Å². The molecule has 0 saturated heterocycles. The van der Waals surface area contributed by atoms with Gasteiger partial charge in [-0.05, 0) is 54.4 Å². The minimum absolute atomic E-state index is 0.278. The number of pyridine rings is 1. The first-order chi connectivity index (χ1) is 16.0. The summed E-state index contributed by atoms with van der Waals surface area (Å²) in [7, 11) is 1.57. The van der Waals surface area contributed by atoms with E-state index < -0.39 is 0 Å². The molecule has 2 heterocycles. The molecule has 2 aromatic heterocycles. The third kappa shape index (κ3) is 5.35. The first kappa shape index (κ1) is 22.4. The largest absolute Gasteiger partial charge is 0.493 e. The first-order valence-electron chi connectivity index (χ1n) is 10.3. The van der Waals surface area contributed by atoms with Gasteiger partial charge in [0.05, 0.1) is 19.3 Å². The molecule has 168 valence electrons. The van der Waals surface area contributed by atoms with Crippen LogP contribution in [-0.4, -0.2) is 23.0 Å². The van der Waals surface area contributed by atoms with Gasteiger partial charge in [0.25, 0.3) is 5.91 Å². The maximum Gasteiger partial charge on any atom is 0.263 e. The van der Waals surface area contributed by atoms with Crippen molar-refractivity contribution in [2.24, 2.45) is 0 Å². The summed E-state index contributed by atoms with van der Waals surface area (Å²) in [5.74, 6) is 0.529. The van der Waals surface area contributed by atoms with Gasteiger partial charge in [0.15, 0.2) is 11.5 Å². The molecule has 0 bridgehead atoms. The zero-order chi connectivity index (χ0) is 23.2. The molecule has 8 heteroatoms. The topological polar surface area (TPSA) is 73.3 Å². The minimum Gasteiger partial charge on any atom is -0.493 e. The molecule has 0 saturated carbocycles. The fourth-order valence-corrected chi connectivity index (χ4v) is 4.05. The Morgan fingerprint density at radius 2 is 1.91 bits per heavy atom. The number of benzene rings is 2. The molecule has 0 fully saturated rings. The Balaban J connectivity index is 1.43. The van der Waals surface area contributed by atoms with Crippen molar-refractivity contribution >= 4 is 17.2 Å². The molecular formula is C25H22FN3O3S. The quantitative estimate of drug-likeness (QED) is 0.378. The number of halogens is 1. The maximum atomic E-state index is 14.0. The lowest BCUT2D eigenvalue weighted by molar-refractivity contribution is 0.0943. The highest BCUT2D eigenvalue weighted by atomic mass is 32.1. The highest BCUT2D eigenvalue weighted by Gasteiger charge is 2.18. The third-order valence-electron chi connectivity index (χ3n) is 5.01. The van der Waals surface area contributed by atoms with E-state index in [1.54, 1.807) is 37.7 Å². The highest BCUT2D eigenvalue weighted by molar-refractivity contribution is 7.16. The number of rotatable bonds is 8.